The van der Waals surface area contributed by atoms with Crippen molar-refractivity contribution >= 4 is 37.1 Å². The van der Waals surface area contributed by atoms with Crippen LogP contribution in [0.3, 0.4) is 0 Å². The monoisotopic (exact) mass is 576 g/mol. The van der Waals surface area contributed by atoms with Crippen molar-refractivity contribution in [2.75, 3.05) is 6.61 Å². The highest BCUT2D eigenvalue weighted by Gasteiger charge is 2.68. The Morgan fingerprint density at radius 3 is 2.70 bits per heavy atom. The average Bonchev–Trinajstić information content (AvgIpc) is 3.52. The van der Waals surface area contributed by atoms with Crippen LogP contribution in [0.4, 0.5) is 0 Å². The van der Waals surface area contributed by atoms with E-state index in [-0.39, 0.29) is 53.4 Å². The maximum atomic E-state index is 13.5. The number of hydrogen-bond donors (Lipinski definition) is 2. The van der Waals surface area contributed by atoms with Gasteiger partial charge in [-0.2, -0.15) is 0 Å². The molecule has 0 unspecified atom stereocenters. The summed E-state index contributed by atoms with van der Waals surface area (Å²) in [6, 6.07) is 3.68. The van der Waals surface area contributed by atoms with Crippen LogP contribution >= 0.6 is 12.4 Å². The number of halogens is 1. The van der Waals surface area contributed by atoms with Crippen molar-refractivity contribution in [2.24, 2.45) is 39.7 Å². The molecule has 0 aromatic heterocycles. The summed E-state index contributed by atoms with van der Waals surface area (Å²) < 4.78 is 17.6. The Bertz CT molecular complexity index is 1150. The summed E-state index contributed by atoms with van der Waals surface area (Å²) in [4.78, 5) is 26.8. The van der Waals surface area contributed by atoms with E-state index in [0.29, 0.717) is 31.7 Å². The first kappa shape index (κ1) is 32.6. The van der Waals surface area contributed by atoms with Gasteiger partial charge in [0.25, 0.3) is 0 Å². The van der Waals surface area contributed by atoms with Crippen molar-refractivity contribution < 1.29 is 34.3 Å². The lowest BCUT2D eigenvalue weighted by atomic mass is 9.44. The topological polar surface area (TPSA) is 140 Å². The Balaban J connectivity index is 0.00000220. The second-order valence-corrected chi connectivity index (χ2v) is 12.6. The third-order valence-electron chi connectivity index (χ3n) is 10.9. The van der Waals surface area contributed by atoms with E-state index in [0.717, 1.165) is 35.9 Å². The van der Waals surface area contributed by atoms with Crippen molar-refractivity contribution in [1.29, 1.82) is 0 Å². The highest BCUT2D eigenvalue weighted by atomic mass is 35.5. The SMILES string of the molecule is C=C[C@]1(C)C[C@@H](OC(=O)COc2cc3c(c(CN)c2)CO[B]3)[C@]2(C)[C@H](C)CC[C@]3(CCC(=O)[C@H]32)[C@@H](C)[C@@H]1O.Cl.O. The minimum Gasteiger partial charge on any atom is -0.482 e. The Morgan fingerprint density at radius 2 is 2.02 bits per heavy atom. The van der Waals surface area contributed by atoms with Crippen LogP contribution < -0.4 is 15.9 Å². The third-order valence-corrected chi connectivity index (χ3v) is 10.9. The molecule has 1 aromatic carbocycles. The maximum absolute atomic E-state index is 13.5. The summed E-state index contributed by atoms with van der Waals surface area (Å²) >= 11 is 0. The molecular formula is C30H44BClNO7. The summed E-state index contributed by atoms with van der Waals surface area (Å²) in [6.07, 6.45) is 4.07. The molecule has 5 rings (SSSR count). The zero-order chi connectivity index (χ0) is 27.5. The Labute approximate surface area is 244 Å². The van der Waals surface area contributed by atoms with Crippen LogP contribution in [0.5, 0.6) is 5.75 Å². The van der Waals surface area contributed by atoms with Gasteiger partial charge in [0.2, 0.25) is 0 Å². The Hall–Kier alpha value is -1.91. The summed E-state index contributed by atoms with van der Waals surface area (Å²) in [6.45, 7) is 13.0. The molecule has 0 spiro atoms. The number of fused-ring (bicyclic) bond motifs is 1. The minimum atomic E-state index is -0.691. The van der Waals surface area contributed by atoms with Crippen molar-refractivity contribution in [3.63, 3.8) is 0 Å². The van der Waals surface area contributed by atoms with Crippen LogP contribution in [0, 0.1) is 34.0 Å². The largest absolute Gasteiger partial charge is 0.482 e. The normalized spacial score (nSPS) is 37.9. The first-order valence-electron chi connectivity index (χ1n) is 14.0. The highest BCUT2D eigenvalue weighted by molar-refractivity contribution is 6.49. The van der Waals surface area contributed by atoms with E-state index in [9.17, 15) is 14.7 Å². The molecule has 3 aliphatic carbocycles. The number of carbonyl (C=O) groups excluding carboxylic acids is 2. The molecule has 5 N–H and O–H groups in total. The third kappa shape index (κ3) is 4.92. The molecule has 1 radical (unpaired) electrons. The summed E-state index contributed by atoms with van der Waals surface area (Å²) in [5.41, 5.74) is 7.26. The second kappa shape index (κ2) is 11.8. The first-order chi connectivity index (χ1) is 18.0. The van der Waals surface area contributed by atoms with Gasteiger partial charge in [-0.25, -0.2) is 4.79 Å². The van der Waals surface area contributed by atoms with E-state index in [1.165, 1.54) is 0 Å². The van der Waals surface area contributed by atoms with Crippen LogP contribution in [-0.4, -0.2) is 48.6 Å². The Morgan fingerprint density at radius 1 is 1.30 bits per heavy atom. The van der Waals surface area contributed by atoms with Gasteiger partial charge < -0.3 is 30.4 Å². The molecule has 3 saturated carbocycles. The molecule has 0 amide bonds. The van der Waals surface area contributed by atoms with Gasteiger partial charge >= 0.3 is 13.5 Å². The number of hydrogen-bond acceptors (Lipinski definition) is 7. The number of carbonyl (C=O) groups is 2. The number of benzene rings is 1. The van der Waals surface area contributed by atoms with Gasteiger partial charge in [-0.1, -0.05) is 33.8 Å². The fourth-order valence-electron chi connectivity index (χ4n) is 8.32. The van der Waals surface area contributed by atoms with Crippen LogP contribution in [0.2, 0.25) is 0 Å². The van der Waals surface area contributed by atoms with Crippen LogP contribution in [0.15, 0.2) is 24.8 Å². The van der Waals surface area contributed by atoms with Gasteiger partial charge in [0, 0.05) is 29.7 Å². The number of ether oxygens (including phenoxy) is 2. The maximum Gasteiger partial charge on any atom is 0.344 e. The quantitative estimate of drug-likeness (QED) is 0.301. The number of aliphatic hydroxyl groups is 1. The van der Waals surface area contributed by atoms with E-state index in [4.69, 9.17) is 19.9 Å². The fraction of sp³-hybridized carbons (Fsp3) is 0.667. The molecule has 2 bridgehead atoms. The smallest absolute Gasteiger partial charge is 0.344 e. The van der Waals surface area contributed by atoms with Crippen LogP contribution in [0.1, 0.15) is 70.9 Å². The van der Waals surface area contributed by atoms with Crippen LogP contribution in [0.25, 0.3) is 0 Å². The van der Waals surface area contributed by atoms with Crippen molar-refractivity contribution in [3.8, 4) is 5.75 Å². The van der Waals surface area contributed by atoms with E-state index in [2.05, 4.69) is 27.4 Å². The molecule has 1 heterocycles. The van der Waals surface area contributed by atoms with Crippen molar-refractivity contribution in [3.05, 3.63) is 35.9 Å². The number of ketones is 1. The van der Waals surface area contributed by atoms with Gasteiger partial charge in [-0.15, -0.1) is 19.0 Å². The molecule has 40 heavy (non-hydrogen) atoms. The second-order valence-electron chi connectivity index (χ2n) is 12.6. The van der Waals surface area contributed by atoms with E-state index < -0.39 is 29.0 Å². The molecule has 4 aliphatic rings. The van der Waals surface area contributed by atoms with E-state index >= 15 is 0 Å². The predicted molar refractivity (Wildman–Crippen MR) is 156 cm³/mol. The zero-order valence-corrected chi connectivity index (χ0v) is 24.9. The average molecular weight is 577 g/mol. The molecule has 221 valence electrons. The lowest BCUT2D eigenvalue weighted by molar-refractivity contribution is -0.207. The summed E-state index contributed by atoms with van der Waals surface area (Å²) in [5.74, 6) is 0.139. The highest BCUT2D eigenvalue weighted by Crippen LogP contribution is 2.68. The number of rotatable bonds is 6. The van der Waals surface area contributed by atoms with Crippen molar-refractivity contribution in [1.82, 2.24) is 0 Å². The lowest BCUT2D eigenvalue weighted by Crippen LogP contribution is -2.63. The molecule has 8 atom stereocenters. The van der Waals surface area contributed by atoms with E-state index in [1.807, 2.05) is 19.1 Å². The fourth-order valence-corrected chi connectivity index (χ4v) is 8.32. The molecule has 10 heteroatoms. The van der Waals surface area contributed by atoms with Gasteiger partial charge in [-0.05, 0) is 71.7 Å². The predicted octanol–water partition coefficient (Wildman–Crippen LogP) is 2.80. The van der Waals surface area contributed by atoms with E-state index in [1.54, 1.807) is 13.6 Å². The van der Waals surface area contributed by atoms with Gasteiger partial charge in [0.1, 0.15) is 17.6 Å². The van der Waals surface area contributed by atoms with Gasteiger partial charge in [-0.3, -0.25) is 4.79 Å². The number of esters is 1. The first-order valence-corrected chi connectivity index (χ1v) is 14.0. The molecule has 3 fully saturated rings. The standard InChI is InChI=1S/C30H41BNO6.ClH.H2O/c1-6-28(4)13-24(38-25(34)16-36-20-11-19(14-32)21-15-37-31-22(21)12-20)29(5)17(2)7-9-30(18(3)27(28)35)10-8-23(33)26(29)30;;/h6,11-12,17-18,24,26-27,35H,1,7-10,13-16,32H2,2-5H3;1H;1H2/t17-,18+,24-,26+,27+,28-,29+,30+;;/m1../s1. The molecule has 1 aromatic rings. The van der Waals surface area contributed by atoms with Crippen LogP contribution in [-0.2, 0) is 32.1 Å². The lowest BCUT2D eigenvalue weighted by Gasteiger charge is -2.61. The molecule has 0 saturated heterocycles. The number of nitrogens with two attached hydrogens (primary N) is 1. The van der Waals surface area contributed by atoms with Crippen molar-refractivity contribution in [2.45, 2.75) is 85.2 Å². The molecule has 8 nitrogen and oxygen atoms in total. The number of aliphatic hydroxyl groups excluding tert-OH is 1. The summed E-state index contributed by atoms with van der Waals surface area (Å²) in [5, 5.41) is 11.7. The van der Waals surface area contributed by atoms with Gasteiger partial charge in [0.15, 0.2) is 6.61 Å². The molecule has 1 aliphatic heterocycles. The Kier molecular flexibility index (Phi) is 9.59. The zero-order valence-electron chi connectivity index (χ0n) is 24.0. The summed E-state index contributed by atoms with van der Waals surface area (Å²) in [7, 11) is 1.67. The van der Waals surface area contributed by atoms with Gasteiger partial charge in [0.05, 0.1) is 12.7 Å². The molecular weight excluding hydrogens is 533 g/mol. The number of Topliss-reactive ketones (excluding diaryl/α,β-unsaturated/α-hetero) is 1. The minimum absolute atomic E-state index is 0.